The summed E-state index contributed by atoms with van der Waals surface area (Å²) in [5.41, 5.74) is 4.54. The van der Waals surface area contributed by atoms with Gasteiger partial charge in [0.1, 0.15) is 0 Å². The Bertz CT molecular complexity index is 690. The van der Waals surface area contributed by atoms with Gasteiger partial charge in [-0.15, -0.1) is 0 Å². The fraction of sp³-hybridized carbons (Fsp3) is 0.450. The Labute approximate surface area is 131 Å². The Balaban J connectivity index is 1.65. The molecule has 2 heteroatoms. The second-order valence-electron chi connectivity index (χ2n) is 7.23. The zero-order valence-corrected chi connectivity index (χ0v) is 12.7. The fourth-order valence-corrected chi connectivity index (χ4v) is 5.19. The largest absolute Gasteiger partial charge is 0.295 e. The Morgan fingerprint density at radius 1 is 1.14 bits per heavy atom. The van der Waals surface area contributed by atoms with E-state index in [1.807, 2.05) is 6.08 Å². The number of carbonyl (C=O) groups excluding carboxylic acids is 1. The molecule has 0 spiro atoms. The zero-order valence-electron chi connectivity index (χ0n) is 12.7. The molecule has 1 saturated heterocycles. The van der Waals surface area contributed by atoms with E-state index >= 15 is 0 Å². The van der Waals surface area contributed by atoms with Crippen LogP contribution in [-0.4, -0.2) is 29.8 Å². The molecule has 112 valence electrons. The average molecular weight is 291 g/mol. The van der Waals surface area contributed by atoms with E-state index < -0.39 is 0 Å². The van der Waals surface area contributed by atoms with Gasteiger partial charge in [-0.05, 0) is 41.9 Å². The Hall–Kier alpha value is -1.67. The molecule has 0 aromatic rings. The molecule has 0 saturated carbocycles. The van der Waals surface area contributed by atoms with Crippen molar-refractivity contribution in [1.29, 1.82) is 0 Å². The highest BCUT2D eigenvalue weighted by molar-refractivity contribution is 5.91. The second-order valence-corrected chi connectivity index (χ2v) is 7.23. The lowest BCUT2D eigenvalue weighted by Crippen LogP contribution is -2.46. The fourth-order valence-electron chi connectivity index (χ4n) is 5.19. The molecule has 0 N–H and O–H groups in total. The van der Waals surface area contributed by atoms with Crippen molar-refractivity contribution in [2.75, 3.05) is 13.1 Å². The number of fused-ring (bicyclic) bond motifs is 6. The number of carbonyl (C=O) groups is 1. The lowest BCUT2D eigenvalue weighted by Gasteiger charge is -2.48. The first kappa shape index (κ1) is 12.8. The first-order chi connectivity index (χ1) is 10.8. The summed E-state index contributed by atoms with van der Waals surface area (Å²) < 4.78 is 0. The molecule has 2 aliphatic heterocycles. The minimum atomic E-state index is 0.329. The van der Waals surface area contributed by atoms with Crippen molar-refractivity contribution in [1.82, 2.24) is 4.90 Å². The van der Waals surface area contributed by atoms with Gasteiger partial charge in [0.25, 0.3) is 0 Å². The number of hydrogen-bond donors (Lipinski definition) is 0. The molecular formula is C20H21NO. The van der Waals surface area contributed by atoms with Crippen molar-refractivity contribution < 1.29 is 4.79 Å². The normalized spacial score (nSPS) is 39.3. The van der Waals surface area contributed by atoms with Crippen LogP contribution in [-0.2, 0) is 4.79 Å². The maximum atomic E-state index is 12.0. The molecule has 3 aliphatic carbocycles. The highest BCUT2D eigenvalue weighted by atomic mass is 16.1. The van der Waals surface area contributed by atoms with Crippen LogP contribution in [0.2, 0.25) is 0 Å². The molecule has 4 atom stereocenters. The molecule has 0 aromatic heterocycles. The highest BCUT2D eigenvalue weighted by Crippen LogP contribution is 2.51. The van der Waals surface area contributed by atoms with Gasteiger partial charge in [0, 0.05) is 31.5 Å². The van der Waals surface area contributed by atoms with Crippen LogP contribution < -0.4 is 0 Å². The first-order valence-corrected chi connectivity index (χ1v) is 8.54. The maximum absolute atomic E-state index is 12.0. The van der Waals surface area contributed by atoms with Gasteiger partial charge in [0.15, 0.2) is 5.78 Å². The summed E-state index contributed by atoms with van der Waals surface area (Å²) in [5.74, 6) is 1.92. The predicted molar refractivity (Wildman–Crippen MR) is 87.2 cm³/mol. The average Bonchev–Trinajstić information content (AvgIpc) is 3.01. The number of rotatable bonds is 0. The van der Waals surface area contributed by atoms with Crippen LogP contribution in [0.5, 0.6) is 0 Å². The molecule has 4 unspecified atom stereocenters. The topological polar surface area (TPSA) is 20.3 Å². The summed E-state index contributed by atoms with van der Waals surface area (Å²) in [4.78, 5) is 14.6. The highest BCUT2D eigenvalue weighted by Gasteiger charge is 2.45. The van der Waals surface area contributed by atoms with E-state index in [0.29, 0.717) is 29.6 Å². The Morgan fingerprint density at radius 3 is 3.05 bits per heavy atom. The molecule has 0 aromatic carbocycles. The standard InChI is InChI=1S/C20H21NO/c22-14-7-8-17-18-10-13-4-3-9-21(13)12-20(18)16-6-2-1-5-15(16)19(17)11-14/h1-6,11,13,15,17-18H,7-10,12H2. The number of ketones is 1. The SMILES string of the molecule is O=C1C=C2C3C=CC=CC3=C3CN4CC=CC4CC3C2CC1. The third-order valence-corrected chi connectivity index (χ3v) is 6.18. The van der Waals surface area contributed by atoms with Crippen LogP contribution in [0.25, 0.3) is 0 Å². The minimum absolute atomic E-state index is 0.329. The van der Waals surface area contributed by atoms with E-state index in [4.69, 9.17) is 0 Å². The van der Waals surface area contributed by atoms with Gasteiger partial charge in [-0.25, -0.2) is 0 Å². The molecule has 0 radical (unpaired) electrons. The number of allylic oxidation sites excluding steroid dienone is 7. The van der Waals surface area contributed by atoms with E-state index in [-0.39, 0.29) is 0 Å². The van der Waals surface area contributed by atoms with Crippen molar-refractivity contribution in [2.45, 2.75) is 25.3 Å². The van der Waals surface area contributed by atoms with Crippen LogP contribution in [0.15, 0.2) is 59.3 Å². The van der Waals surface area contributed by atoms with Crippen LogP contribution in [0, 0.1) is 17.8 Å². The van der Waals surface area contributed by atoms with Gasteiger partial charge in [0.05, 0.1) is 0 Å². The van der Waals surface area contributed by atoms with E-state index in [9.17, 15) is 4.79 Å². The van der Waals surface area contributed by atoms with Crippen molar-refractivity contribution in [3.8, 4) is 0 Å². The summed E-state index contributed by atoms with van der Waals surface area (Å²) in [6.45, 7) is 2.22. The van der Waals surface area contributed by atoms with Crippen LogP contribution >= 0.6 is 0 Å². The summed E-state index contributed by atoms with van der Waals surface area (Å²) in [6.07, 6.45) is 18.6. The van der Waals surface area contributed by atoms with Crippen LogP contribution in [0.1, 0.15) is 19.3 Å². The lowest BCUT2D eigenvalue weighted by molar-refractivity contribution is -0.115. The quantitative estimate of drug-likeness (QED) is 0.639. The molecule has 2 heterocycles. The van der Waals surface area contributed by atoms with Gasteiger partial charge in [-0.3, -0.25) is 9.69 Å². The third-order valence-electron chi connectivity index (χ3n) is 6.18. The number of piperidine rings is 1. The van der Waals surface area contributed by atoms with Crippen molar-refractivity contribution in [3.63, 3.8) is 0 Å². The van der Waals surface area contributed by atoms with Crippen molar-refractivity contribution >= 4 is 5.78 Å². The van der Waals surface area contributed by atoms with Crippen molar-refractivity contribution in [3.05, 3.63) is 59.3 Å². The number of nitrogens with zero attached hydrogens (tertiary/aromatic N) is 1. The molecule has 2 nitrogen and oxygen atoms in total. The smallest absolute Gasteiger partial charge is 0.155 e. The van der Waals surface area contributed by atoms with E-state index in [1.54, 1.807) is 5.57 Å². The zero-order chi connectivity index (χ0) is 14.7. The third kappa shape index (κ3) is 1.73. The molecule has 0 bridgehead atoms. The molecule has 1 fully saturated rings. The summed E-state index contributed by atoms with van der Waals surface area (Å²) in [6, 6.07) is 0.618. The van der Waals surface area contributed by atoms with Crippen molar-refractivity contribution in [2.24, 2.45) is 17.8 Å². The second kappa shape index (κ2) is 4.66. The van der Waals surface area contributed by atoms with E-state index in [2.05, 4.69) is 41.4 Å². The summed E-state index contributed by atoms with van der Waals surface area (Å²) in [7, 11) is 0. The Morgan fingerprint density at radius 2 is 2.09 bits per heavy atom. The first-order valence-electron chi connectivity index (χ1n) is 8.54. The van der Waals surface area contributed by atoms with Crippen LogP contribution in [0.3, 0.4) is 0 Å². The molecule has 0 amide bonds. The summed E-state index contributed by atoms with van der Waals surface area (Å²) in [5, 5.41) is 0. The molecule has 5 aliphatic rings. The monoisotopic (exact) mass is 291 g/mol. The molecular weight excluding hydrogens is 270 g/mol. The van der Waals surface area contributed by atoms with Gasteiger partial charge in [0.2, 0.25) is 0 Å². The minimum Gasteiger partial charge on any atom is -0.295 e. The van der Waals surface area contributed by atoms with Crippen LogP contribution in [0.4, 0.5) is 0 Å². The Kier molecular flexibility index (Phi) is 2.72. The molecule has 5 rings (SSSR count). The predicted octanol–water partition coefficient (Wildman–Crippen LogP) is 3.20. The van der Waals surface area contributed by atoms with Gasteiger partial charge < -0.3 is 0 Å². The lowest BCUT2D eigenvalue weighted by atomic mass is 9.60. The van der Waals surface area contributed by atoms with Gasteiger partial charge in [-0.2, -0.15) is 0 Å². The summed E-state index contributed by atoms with van der Waals surface area (Å²) >= 11 is 0. The van der Waals surface area contributed by atoms with Gasteiger partial charge in [-0.1, -0.05) is 42.0 Å². The van der Waals surface area contributed by atoms with E-state index in [1.165, 1.54) is 17.6 Å². The maximum Gasteiger partial charge on any atom is 0.155 e. The molecule has 22 heavy (non-hydrogen) atoms. The van der Waals surface area contributed by atoms with Gasteiger partial charge >= 0.3 is 0 Å². The van der Waals surface area contributed by atoms with E-state index in [0.717, 1.165) is 25.9 Å². The number of hydrogen-bond acceptors (Lipinski definition) is 2.